The number of hydrogen-bond donors (Lipinski definition) is 1. The summed E-state index contributed by atoms with van der Waals surface area (Å²) in [4.78, 5) is 29.3. The summed E-state index contributed by atoms with van der Waals surface area (Å²) >= 11 is 2.73. The number of ketones is 1. The van der Waals surface area contributed by atoms with E-state index in [0.29, 0.717) is 51.7 Å². The van der Waals surface area contributed by atoms with Gasteiger partial charge in [-0.2, -0.15) is 0 Å². The van der Waals surface area contributed by atoms with Gasteiger partial charge in [-0.25, -0.2) is 0 Å². The number of ether oxygens (including phenoxy) is 3. The number of nitrogens with zero attached hydrogens (tertiary/aromatic N) is 3. The van der Waals surface area contributed by atoms with E-state index in [4.69, 9.17) is 14.2 Å². The summed E-state index contributed by atoms with van der Waals surface area (Å²) in [5, 5.41) is 23.2. The van der Waals surface area contributed by atoms with Crippen LogP contribution in [0.4, 0.5) is 5.13 Å². The van der Waals surface area contributed by atoms with Crippen LogP contribution in [0.3, 0.4) is 0 Å². The number of unbranched alkanes of at least 4 members (excludes halogenated alkanes) is 2. The summed E-state index contributed by atoms with van der Waals surface area (Å²) < 4.78 is 18.4. The molecule has 0 radical (unpaired) electrons. The topological polar surface area (TPSA) is 111 Å². The first-order valence-corrected chi connectivity index (χ1v) is 20.0. The quantitative estimate of drug-likeness (QED) is 0.0272. The average Bonchev–Trinajstić information content (AvgIpc) is 3.79. The van der Waals surface area contributed by atoms with E-state index >= 15 is 0 Å². The molecule has 1 N–H and O–H groups in total. The number of fused-ring (bicyclic) bond motifs is 1. The van der Waals surface area contributed by atoms with E-state index in [1.54, 1.807) is 49.6 Å². The molecular weight excluding hydrogens is 731 g/mol. The molecule has 2 heterocycles. The fraction of sp³-hybridized carbons (Fsp3) is 0.227. The van der Waals surface area contributed by atoms with E-state index in [1.165, 1.54) is 28.0 Å². The van der Waals surface area contributed by atoms with E-state index in [9.17, 15) is 14.7 Å². The van der Waals surface area contributed by atoms with Crippen LogP contribution >= 0.6 is 23.1 Å². The Hall–Kier alpha value is -5.65. The van der Waals surface area contributed by atoms with Crippen LogP contribution in [0.2, 0.25) is 0 Å². The molecule has 1 saturated heterocycles. The number of Topliss-reactive ketones (excluding diaryl/α,β-unsaturated/α-hetero) is 1. The van der Waals surface area contributed by atoms with Gasteiger partial charge in [0.2, 0.25) is 5.13 Å². The van der Waals surface area contributed by atoms with Gasteiger partial charge in [0.05, 0.1) is 25.3 Å². The third-order valence-corrected chi connectivity index (χ3v) is 11.5. The second-order valence-corrected chi connectivity index (χ2v) is 15.4. The van der Waals surface area contributed by atoms with E-state index in [2.05, 4.69) is 47.5 Å². The van der Waals surface area contributed by atoms with Crippen LogP contribution in [0.15, 0.2) is 119 Å². The largest absolute Gasteiger partial charge is 0.507 e. The zero-order valence-electron chi connectivity index (χ0n) is 30.9. The highest BCUT2D eigenvalue weighted by Crippen LogP contribution is 2.46. The van der Waals surface area contributed by atoms with E-state index in [-0.39, 0.29) is 16.5 Å². The molecule has 55 heavy (non-hydrogen) atoms. The molecule has 0 bridgehead atoms. The Morgan fingerprint density at radius 1 is 0.873 bits per heavy atom. The fourth-order valence-electron chi connectivity index (χ4n) is 6.60. The second-order valence-electron chi connectivity index (χ2n) is 13.2. The number of rotatable bonds is 15. The number of thioether (sulfide) groups is 1. The van der Waals surface area contributed by atoms with Gasteiger partial charge in [-0.15, -0.1) is 10.2 Å². The van der Waals surface area contributed by atoms with Gasteiger partial charge in [0.1, 0.15) is 18.1 Å². The van der Waals surface area contributed by atoms with Crippen molar-refractivity contribution in [2.75, 3.05) is 18.6 Å². The Balaban J connectivity index is 1.21. The number of methoxy groups -OCH3 is 1. The normalized spacial score (nSPS) is 15.1. The molecular formula is C44H41N3O6S2. The predicted octanol–water partition coefficient (Wildman–Crippen LogP) is 10.1. The van der Waals surface area contributed by atoms with E-state index in [1.807, 2.05) is 43.3 Å². The molecule has 0 aliphatic carbocycles. The summed E-state index contributed by atoms with van der Waals surface area (Å²) in [7, 11) is 1.54. The molecule has 0 saturated carbocycles. The molecule has 6 aromatic rings. The minimum absolute atomic E-state index is 0.0720. The molecule has 9 nitrogen and oxygen atoms in total. The third-order valence-electron chi connectivity index (χ3n) is 9.40. The van der Waals surface area contributed by atoms with Gasteiger partial charge in [0, 0.05) is 11.3 Å². The number of aryl methyl sites for hydroxylation is 1. The van der Waals surface area contributed by atoms with Crippen molar-refractivity contribution in [3.63, 3.8) is 0 Å². The lowest BCUT2D eigenvalue weighted by molar-refractivity contribution is -0.132. The van der Waals surface area contributed by atoms with Gasteiger partial charge < -0.3 is 19.3 Å². The van der Waals surface area contributed by atoms with Crippen molar-refractivity contribution < 1.29 is 28.9 Å². The maximum Gasteiger partial charge on any atom is 0.301 e. The number of benzene rings is 5. The fourth-order valence-corrected chi connectivity index (χ4v) is 8.47. The van der Waals surface area contributed by atoms with Gasteiger partial charge >= 0.3 is 5.91 Å². The zero-order chi connectivity index (χ0) is 38.3. The lowest BCUT2D eigenvalue weighted by Gasteiger charge is -2.23. The maximum atomic E-state index is 14.0. The van der Waals surface area contributed by atoms with Crippen molar-refractivity contribution in [3.05, 3.63) is 143 Å². The smallest absolute Gasteiger partial charge is 0.301 e. The first-order valence-electron chi connectivity index (χ1n) is 18.2. The molecule has 5 aromatic carbocycles. The number of aliphatic hydroxyl groups excluding tert-OH is 1. The average molecular weight is 772 g/mol. The van der Waals surface area contributed by atoms with Crippen molar-refractivity contribution in [1.29, 1.82) is 0 Å². The van der Waals surface area contributed by atoms with Crippen LogP contribution in [0.25, 0.3) is 16.5 Å². The number of carbonyl (C=O) groups excluding carboxylic acids is 2. The molecule has 1 unspecified atom stereocenters. The van der Waals surface area contributed by atoms with Crippen LogP contribution in [-0.2, 0) is 21.9 Å². The Kier molecular flexibility index (Phi) is 11.8. The summed E-state index contributed by atoms with van der Waals surface area (Å²) in [5.74, 6) is 0.259. The van der Waals surface area contributed by atoms with Crippen LogP contribution in [-0.4, -0.2) is 40.7 Å². The second kappa shape index (κ2) is 17.2. The molecule has 280 valence electrons. The molecule has 11 heteroatoms. The van der Waals surface area contributed by atoms with E-state index < -0.39 is 17.7 Å². The monoisotopic (exact) mass is 771 g/mol. The van der Waals surface area contributed by atoms with Crippen molar-refractivity contribution in [2.24, 2.45) is 0 Å². The van der Waals surface area contributed by atoms with Gasteiger partial charge in [-0.05, 0) is 77.2 Å². The number of amides is 1. The van der Waals surface area contributed by atoms with Crippen molar-refractivity contribution in [3.8, 4) is 17.2 Å². The standard InChI is InChI=1S/C44H41N3O6S2/c1-4-5-8-23-52-36-22-19-32(25-37(36)51-3)39-38(40(48)31-17-20-34(21-18-31)53-26-29-12-9-11-28(2)24-29)41(49)42(50)47(39)43-45-46-44(55-43)54-27-33-15-10-14-30-13-6-7-16-35(30)33/h6-7,9-22,24-25,39,48H,4-5,8,23,26-27H2,1-3H3. The highest BCUT2D eigenvalue weighted by Gasteiger charge is 2.48. The molecule has 1 fully saturated rings. The van der Waals surface area contributed by atoms with Gasteiger partial charge in [0.15, 0.2) is 15.8 Å². The lowest BCUT2D eigenvalue weighted by atomic mass is 9.95. The summed E-state index contributed by atoms with van der Waals surface area (Å²) in [5.41, 5.74) is 4.15. The van der Waals surface area contributed by atoms with Crippen LogP contribution < -0.4 is 19.1 Å². The molecule has 1 atom stereocenters. The van der Waals surface area contributed by atoms with Crippen LogP contribution in [0, 0.1) is 6.92 Å². The Morgan fingerprint density at radius 3 is 2.47 bits per heavy atom. The molecule has 1 aliphatic heterocycles. The number of hydrogen-bond acceptors (Lipinski definition) is 10. The molecule has 7 rings (SSSR count). The summed E-state index contributed by atoms with van der Waals surface area (Å²) in [6.45, 7) is 5.06. The van der Waals surface area contributed by atoms with Gasteiger partial charge in [-0.1, -0.05) is 121 Å². The molecule has 1 aromatic heterocycles. The zero-order valence-corrected chi connectivity index (χ0v) is 32.5. The van der Waals surface area contributed by atoms with Crippen molar-refractivity contribution in [2.45, 2.75) is 55.9 Å². The van der Waals surface area contributed by atoms with Crippen LogP contribution in [0.5, 0.6) is 17.2 Å². The minimum atomic E-state index is -1.02. The number of aromatic nitrogens is 2. The summed E-state index contributed by atoms with van der Waals surface area (Å²) in [6, 6.07) is 33.6. The highest BCUT2D eigenvalue weighted by atomic mass is 32.2. The first kappa shape index (κ1) is 37.7. The Morgan fingerprint density at radius 2 is 1.67 bits per heavy atom. The van der Waals surface area contributed by atoms with Crippen molar-refractivity contribution in [1.82, 2.24) is 10.2 Å². The minimum Gasteiger partial charge on any atom is -0.507 e. The van der Waals surface area contributed by atoms with Crippen molar-refractivity contribution >= 4 is 56.5 Å². The maximum absolute atomic E-state index is 14.0. The van der Waals surface area contributed by atoms with E-state index in [0.717, 1.165) is 46.7 Å². The SMILES string of the molecule is CCCCCOc1ccc(C2C(=C(O)c3ccc(OCc4cccc(C)c4)cc3)C(=O)C(=O)N2c2nnc(SCc3cccc4ccccc34)s2)cc1OC. The molecule has 0 spiro atoms. The predicted molar refractivity (Wildman–Crippen MR) is 218 cm³/mol. The Labute approximate surface area is 328 Å². The molecule has 1 aliphatic rings. The Bertz CT molecular complexity index is 2350. The number of aliphatic hydroxyl groups is 1. The third kappa shape index (κ3) is 8.38. The molecule has 1 amide bonds. The first-order chi connectivity index (χ1) is 26.8. The van der Waals surface area contributed by atoms with Gasteiger partial charge in [0.25, 0.3) is 5.78 Å². The number of anilines is 1. The van der Waals surface area contributed by atoms with Gasteiger partial charge in [-0.3, -0.25) is 14.5 Å². The van der Waals surface area contributed by atoms with Crippen LogP contribution in [0.1, 0.15) is 60.0 Å². The highest BCUT2D eigenvalue weighted by molar-refractivity contribution is 8.00. The summed E-state index contributed by atoms with van der Waals surface area (Å²) in [6.07, 6.45) is 3.00. The lowest BCUT2D eigenvalue weighted by Crippen LogP contribution is -2.29. The number of carbonyl (C=O) groups is 2.